The summed E-state index contributed by atoms with van der Waals surface area (Å²) in [6, 6.07) is 0. The molecule has 24 heteroatoms. The molecule has 0 aromatic rings. The minimum atomic E-state index is -1.48. The Hall–Kier alpha value is -1.64. The lowest BCUT2D eigenvalue weighted by Gasteiger charge is -2.59. The van der Waals surface area contributed by atoms with Gasteiger partial charge in [0, 0.05) is 73.1 Å². The third-order valence-electron chi connectivity index (χ3n) is 23.2. The van der Waals surface area contributed by atoms with E-state index in [4.69, 9.17) is 95.0 Å². The SMILES string of the molecule is C=C(C)O[C@H]1[C@H](OC2[C@@H](OC)C[C@H](OC3[C@@H](OC)C[C@H](OC4[C@@H](OC)C[C@](C)(OC5[C@@H](OC)C[C@]6(CO[C@@H]7C[C@H](O[C@@H](C)[C@@]8(O)CC[C@H]9[C@@H]%10CC=C%11C[C@@H](O)CC[C@]%11(C)[C@H]%10CC[C@@]98C)O[C@H](C)[C@H]7OO6)O[C@@H]5C)O[C@@H]4C)O[C@@H]3O)O[C@@H]2C)O[C@H](C)[C@H](O)[C@@H]1OC. The molecule has 0 bridgehead atoms. The normalized spacial score (nSPS) is 52.7. The van der Waals surface area contributed by atoms with Crippen LogP contribution in [-0.4, -0.2) is 233 Å². The highest BCUT2D eigenvalue weighted by Gasteiger charge is 2.66. The second-order valence-electron chi connectivity index (χ2n) is 28.8. The van der Waals surface area contributed by atoms with Gasteiger partial charge in [-0.1, -0.05) is 32.1 Å². The van der Waals surface area contributed by atoms with Gasteiger partial charge in [-0.25, -0.2) is 4.89 Å². The van der Waals surface area contributed by atoms with Gasteiger partial charge in [0.1, 0.15) is 49.3 Å². The van der Waals surface area contributed by atoms with Gasteiger partial charge in [-0.15, -0.1) is 0 Å². The molecule has 0 radical (unpaired) electrons. The Kier molecular flexibility index (Phi) is 21.5. The first-order chi connectivity index (χ1) is 42.7. The summed E-state index contributed by atoms with van der Waals surface area (Å²) >= 11 is 0. The molecular formula is C66H108O24. The smallest absolute Gasteiger partial charge is 0.228 e. The number of rotatable bonds is 18. The van der Waals surface area contributed by atoms with Crippen molar-refractivity contribution in [2.45, 2.75) is 323 Å². The average molecular weight is 1290 g/mol. The fraction of sp³-hybridized carbons (Fsp3) is 0.939. The zero-order valence-electron chi connectivity index (χ0n) is 55.8. The van der Waals surface area contributed by atoms with Crippen LogP contribution in [0.2, 0.25) is 0 Å². The molecule has 516 valence electrons. The average Bonchev–Trinajstić information content (AvgIpc) is 1.44. The lowest BCUT2D eigenvalue weighted by molar-refractivity contribution is -0.475. The Balaban J connectivity index is 0.662. The van der Waals surface area contributed by atoms with Gasteiger partial charge in [-0.05, 0) is 130 Å². The van der Waals surface area contributed by atoms with Crippen LogP contribution in [-0.2, 0) is 95.0 Å². The Morgan fingerprint density at radius 3 is 1.99 bits per heavy atom. The van der Waals surface area contributed by atoms with Gasteiger partial charge in [-0.2, -0.15) is 4.89 Å². The van der Waals surface area contributed by atoms with E-state index in [-0.39, 0.29) is 49.2 Å². The summed E-state index contributed by atoms with van der Waals surface area (Å²) in [6.07, 6.45) is -6.44. The predicted molar refractivity (Wildman–Crippen MR) is 317 cm³/mol. The molecule has 0 aromatic heterocycles. The topological polar surface area (TPSA) is 266 Å². The first kappa shape index (κ1) is 69.7. The van der Waals surface area contributed by atoms with Crippen molar-refractivity contribution < 1.29 is 115 Å². The zero-order chi connectivity index (χ0) is 64.6. The van der Waals surface area contributed by atoms with Crippen molar-refractivity contribution in [1.82, 2.24) is 0 Å². The first-order valence-corrected chi connectivity index (χ1v) is 33.4. The van der Waals surface area contributed by atoms with Gasteiger partial charge in [0.25, 0.3) is 0 Å². The number of methoxy groups -OCH3 is 5. The Morgan fingerprint density at radius 1 is 0.644 bits per heavy atom. The Morgan fingerprint density at radius 2 is 1.29 bits per heavy atom. The molecule has 10 fully saturated rings. The van der Waals surface area contributed by atoms with Crippen molar-refractivity contribution in [2.75, 3.05) is 42.2 Å². The molecule has 11 aliphatic rings. The highest BCUT2D eigenvalue weighted by atomic mass is 17.2. The zero-order valence-corrected chi connectivity index (χ0v) is 55.8. The number of hydrogen-bond acceptors (Lipinski definition) is 24. The maximum Gasteiger partial charge on any atom is 0.228 e. The molecule has 1 spiro atoms. The van der Waals surface area contributed by atoms with Crippen molar-refractivity contribution >= 4 is 0 Å². The van der Waals surface area contributed by atoms with Crippen LogP contribution < -0.4 is 0 Å². The van der Waals surface area contributed by atoms with Crippen LogP contribution >= 0.6 is 0 Å². The van der Waals surface area contributed by atoms with E-state index >= 15 is 0 Å². The van der Waals surface area contributed by atoms with Gasteiger partial charge in [0.05, 0.1) is 84.6 Å². The number of ether oxygens (including phenoxy) is 18. The standard InChI is InChI=1S/C66H108O24/c1-32(2)77-59-58(75-16)52(68)33(3)80-61(59)85-53-34(4)78-50(26-44(53)71-12)83-57-45(72-13)27-51(84-60(57)69)82-54-36(6)86-64(11,29-47(54)73-14)88-55-37(7)87-65(30-48(55)74-15)31-76-46-28-49(79-35(5)56(46)89-90-65)81-38(8)66(70)24-21-43-41-18-17-39-25-40(67)19-22-62(39,9)42(41)20-23-63(43,66)10/h17,33-38,40-61,67-70H,1,18-31H2,2-16H3/t33-,34-,35-,36-,37-,38+,40+,41-,42+,43+,44+,45+,46-,47+,48+,49+,50+,51-,52+,53?,54?,55?,56-,57?,58+,59-,60+,61+,62+,63+,64+,65+,66+/m1/s1. The molecule has 7 saturated heterocycles. The largest absolute Gasteiger partial charge is 0.488 e. The molecule has 4 N–H and O–H groups in total. The van der Waals surface area contributed by atoms with Crippen molar-refractivity contribution in [3.63, 3.8) is 0 Å². The molecule has 7 aliphatic heterocycles. The number of hydrogen-bond donors (Lipinski definition) is 4. The van der Waals surface area contributed by atoms with E-state index in [1.165, 1.54) is 19.8 Å². The van der Waals surface area contributed by atoms with E-state index in [0.717, 1.165) is 44.9 Å². The molecule has 33 atom stereocenters. The summed E-state index contributed by atoms with van der Waals surface area (Å²) in [5, 5.41) is 45.8. The molecule has 0 aromatic carbocycles. The summed E-state index contributed by atoms with van der Waals surface area (Å²) in [4.78, 5) is 12.5. The predicted octanol–water partition coefficient (Wildman–Crippen LogP) is 6.17. The second-order valence-corrected chi connectivity index (χ2v) is 28.8. The van der Waals surface area contributed by atoms with E-state index in [0.29, 0.717) is 36.4 Å². The van der Waals surface area contributed by atoms with Gasteiger partial charge in [-0.3, -0.25) is 0 Å². The van der Waals surface area contributed by atoms with Crippen LogP contribution in [0.3, 0.4) is 0 Å². The van der Waals surface area contributed by atoms with Gasteiger partial charge >= 0.3 is 0 Å². The molecule has 4 aliphatic carbocycles. The van der Waals surface area contributed by atoms with Crippen molar-refractivity contribution in [3.8, 4) is 0 Å². The Bertz CT molecular complexity index is 2440. The summed E-state index contributed by atoms with van der Waals surface area (Å²) in [5.74, 6) is -0.719. The Labute approximate surface area is 531 Å². The van der Waals surface area contributed by atoms with Crippen LogP contribution in [0.5, 0.6) is 0 Å². The molecule has 11 rings (SSSR count). The van der Waals surface area contributed by atoms with Crippen molar-refractivity contribution in [2.24, 2.45) is 28.6 Å². The van der Waals surface area contributed by atoms with Crippen molar-refractivity contribution in [1.29, 1.82) is 0 Å². The number of aliphatic hydroxyl groups excluding tert-OH is 3. The summed E-state index contributed by atoms with van der Waals surface area (Å²) in [6.45, 7) is 23.5. The minimum absolute atomic E-state index is 0.0375. The highest BCUT2D eigenvalue weighted by Crippen LogP contribution is 2.68. The van der Waals surface area contributed by atoms with Crippen LogP contribution in [0, 0.1) is 28.6 Å². The molecular weight excluding hydrogens is 1180 g/mol. The minimum Gasteiger partial charge on any atom is -0.488 e. The lowest BCUT2D eigenvalue weighted by atomic mass is 9.46. The maximum absolute atomic E-state index is 12.9. The first-order valence-electron chi connectivity index (χ1n) is 33.4. The van der Waals surface area contributed by atoms with E-state index < -0.39 is 165 Å². The number of allylic oxidation sites excluding steroid dienone is 2. The van der Waals surface area contributed by atoms with E-state index in [2.05, 4.69) is 26.5 Å². The summed E-state index contributed by atoms with van der Waals surface area (Å²) < 4.78 is 114. The van der Waals surface area contributed by atoms with Crippen LogP contribution in [0.4, 0.5) is 0 Å². The number of fused-ring (bicyclic) bond motifs is 6. The van der Waals surface area contributed by atoms with Gasteiger partial charge in [0.2, 0.25) is 5.79 Å². The van der Waals surface area contributed by atoms with Gasteiger partial charge < -0.3 is 106 Å². The molecule has 7 heterocycles. The quantitative estimate of drug-likeness (QED) is 0.0679. The lowest BCUT2D eigenvalue weighted by Crippen LogP contribution is -2.63. The second kappa shape index (κ2) is 27.7. The third kappa shape index (κ3) is 13.3. The van der Waals surface area contributed by atoms with Crippen LogP contribution in [0.1, 0.15) is 153 Å². The highest BCUT2D eigenvalue weighted by molar-refractivity contribution is 5.26. The van der Waals surface area contributed by atoms with E-state index in [9.17, 15) is 20.4 Å². The molecule has 90 heavy (non-hydrogen) atoms. The van der Waals surface area contributed by atoms with Crippen LogP contribution in [0.15, 0.2) is 24.0 Å². The molecule has 24 nitrogen and oxygen atoms in total. The summed E-state index contributed by atoms with van der Waals surface area (Å²) in [7, 11) is 7.82. The van der Waals surface area contributed by atoms with Gasteiger partial charge in [0.15, 0.2) is 43.3 Å². The fourth-order valence-corrected chi connectivity index (χ4v) is 18.3. The summed E-state index contributed by atoms with van der Waals surface area (Å²) in [5.41, 5.74) is 0.213. The number of aliphatic hydroxyl groups is 4. The molecule has 0 amide bonds. The van der Waals surface area contributed by atoms with Crippen LogP contribution in [0.25, 0.3) is 0 Å². The molecule has 4 unspecified atom stereocenters. The molecule has 3 saturated carbocycles. The third-order valence-corrected chi connectivity index (χ3v) is 23.2. The maximum atomic E-state index is 12.9. The fourth-order valence-electron chi connectivity index (χ4n) is 18.3. The van der Waals surface area contributed by atoms with Crippen molar-refractivity contribution in [3.05, 3.63) is 24.0 Å². The van der Waals surface area contributed by atoms with E-state index in [1.807, 2.05) is 41.5 Å². The monoisotopic (exact) mass is 1280 g/mol. The van der Waals surface area contributed by atoms with E-state index in [1.54, 1.807) is 35.2 Å².